The highest BCUT2D eigenvalue weighted by Crippen LogP contribution is 2.29. The maximum atomic E-state index is 13.9. The van der Waals surface area contributed by atoms with Gasteiger partial charge in [0, 0.05) is 26.2 Å². The largest absolute Gasteiger partial charge is 0.478 e. The minimum absolute atomic E-state index is 0.107. The summed E-state index contributed by atoms with van der Waals surface area (Å²) in [6.07, 6.45) is -0.734. The molecule has 3 aromatic carbocycles. The van der Waals surface area contributed by atoms with E-state index in [0.29, 0.717) is 13.1 Å². The first-order chi connectivity index (χ1) is 15.1. The van der Waals surface area contributed by atoms with E-state index in [1.54, 1.807) is 25.1 Å². The Morgan fingerprint density at radius 1 is 0.806 bits per heavy atom. The number of piperazine rings is 1. The molecule has 0 bridgehead atoms. The summed E-state index contributed by atoms with van der Waals surface area (Å²) in [4.78, 5) is 17.1. The molecule has 1 saturated heterocycles. The zero-order valence-corrected chi connectivity index (χ0v) is 17.7. The van der Waals surface area contributed by atoms with Crippen LogP contribution < -0.4 is 4.74 Å². The fourth-order valence-electron chi connectivity index (χ4n) is 4.12. The van der Waals surface area contributed by atoms with Crippen molar-refractivity contribution in [1.29, 1.82) is 0 Å². The predicted molar refractivity (Wildman–Crippen MR) is 119 cm³/mol. The van der Waals surface area contributed by atoms with E-state index in [1.165, 1.54) is 17.2 Å². The second kappa shape index (κ2) is 9.75. The van der Waals surface area contributed by atoms with Gasteiger partial charge in [0.15, 0.2) is 17.7 Å². The lowest BCUT2D eigenvalue weighted by Gasteiger charge is -2.40. The highest BCUT2D eigenvalue weighted by atomic mass is 19.1. The van der Waals surface area contributed by atoms with Gasteiger partial charge in [-0.2, -0.15) is 0 Å². The van der Waals surface area contributed by atoms with Crippen molar-refractivity contribution in [2.45, 2.75) is 19.1 Å². The summed E-state index contributed by atoms with van der Waals surface area (Å²) < 4.78 is 19.5. The molecule has 4 rings (SSSR count). The molecular weight excluding hydrogens is 391 g/mol. The number of para-hydroxylation sites is 1. The molecule has 160 valence electrons. The van der Waals surface area contributed by atoms with Gasteiger partial charge in [-0.15, -0.1) is 0 Å². The zero-order chi connectivity index (χ0) is 21.6. The van der Waals surface area contributed by atoms with Crippen LogP contribution in [-0.2, 0) is 4.79 Å². The van der Waals surface area contributed by atoms with E-state index >= 15 is 0 Å². The molecule has 0 radical (unpaired) electrons. The number of benzene rings is 3. The van der Waals surface area contributed by atoms with Crippen LogP contribution in [0.2, 0.25) is 0 Å². The number of nitrogens with zero attached hydrogens (tertiary/aromatic N) is 2. The van der Waals surface area contributed by atoms with E-state index in [2.05, 4.69) is 53.4 Å². The number of carbonyl (C=O) groups excluding carboxylic acids is 1. The van der Waals surface area contributed by atoms with Crippen LogP contribution in [0.3, 0.4) is 0 Å². The molecule has 0 unspecified atom stereocenters. The van der Waals surface area contributed by atoms with Crippen molar-refractivity contribution in [3.8, 4) is 5.75 Å². The van der Waals surface area contributed by atoms with Gasteiger partial charge in [0.1, 0.15) is 0 Å². The minimum atomic E-state index is -0.734. The fourth-order valence-corrected chi connectivity index (χ4v) is 4.12. The highest BCUT2D eigenvalue weighted by Gasteiger charge is 2.30. The molecule has 5 heteroatoms. The van der Waals surface area contributed by atoms with Gasteiger partial charge in [-0.25, -0.2) is 4.39 Å². The van der Waals surface area contributed by atoms with Gasteiger partial charge < -0.3 is 9.64 Å². The van der Waals surface area contributed by atoms with E-state index in [-0.39, 0.29) is 17.7 Å². The summed E-state index contributed by atoms with van der Waals surface area (Å²) in [7, 11) is 0. The summed E-state index contributed by atoms with van der Waals surface area (Å²) in [6.45, 7) is 4.41. The summed E-state index contributed by atoms with van der Waals surface area (Å²) in [5.74, 6) is -0.463. The first-order valence-electron chi connectivity index (χ1n) is 10.7. The third kappa shape index (κ3) is 4.94. The van der Waals surface area contributed by atoms with E-state index in [9.17, 15) is 9.18 Å². The highest BCUT2D eigenvalue weighted by molar-refractivity contribution is 5.81. The van der Waals surface area contributed by atoms with Crippen molar-refractivity contribution in [1.82, 2.24) is 9.80 Å². The Morgan fingerprint density at radius 3 is 1.87 bits per heavy atom. The summed E-state index contributed by atoms with van der Waals surface area (Å²) >= 11 is 0. The molecule has 1 heterocycles. The Labute approximate surface area is 182 Å². The van der Waals surface area contributed by atoms with Gasteiger partial charge in [0.25, 0.3) is 5.91 Å². The van der Waals surface area contributed by atoms with E-state index in [0.717, 1.165) is 13.1 Å². The number of rotatable bonds is 6. The van der Waals surface area contributed by atoms with Gasteiger partial charge in [0.05, 0.1) is 6.04 Å². The first kappa shape index (κ1) is 21.1. The van der Waals surface area contributed by atoms with Gasteiger partial charge in [-0.1, -0.05) is 72.8 Å². The van der Waals surface area contributed by atoms with Crippen LogP contribution in [-0.4, -0.2) is 48.0 Å². The molecule has 1 amide bonds. The maximum absolute atomic E-state index is 13.9. The lowest BCUT2D eigenvalue weighted by atomic mass is 9.96. The first-order valence-corrected chi connectivity index (χ1v) is 10.7. The van der Waals surface area contributed by atoms with E-state index < -0.39 is 11.9 Å². The monoisotopic (exact) mass is 418 g/mol. The average Bonchev–Trinajstić information content (AvgIpc) is 2.82. The van der Waals surface area contributed by atoms with Gasteiger partial charge in [-0.05, 0) is 30.2 Å². The summed E-state index contributed by atoms with van der Waals surface area (Å²) in [5, 5.41) is 0. The van der Waals surface area contributed by atoms with Crippen LogP contribution in [0.1, 0.15) is 24.1 Å². The Hall–Kier alpha value is -3.18. The Morgan fingerprint density at radius 2 is 1.32 bits per heavy atom. The maximum Gasteiger partial charge on any atom is 0.263 e. The van der Waals surface area contributed by atoms with Crippen molar-refractivity contribution < 1.29 is 13.9 Å². The number of ether oxygens (including phenoxy) is 1. The zero-order valence-electron chi connectivity index (χ0n) is 17.7. The van der Waals surface area contributed by atoms with Crippen LogP contribution in [0, 0.1) is 5.82 Å². The van der Waals surface area contributed by atoms with Crippen molar-refractivity contribution in [2.24, 2.45) is 0 Å². The Kier molecular flexibility index (Phi) is 6.63. The van der Waals surface area contributed by atoms with Gasteiger partial charge in [0.2, 0.25) is 0 Å². The van der Waals surface area contributed by atoms with E-state index in [4.69, 9.17) is 4.74 Å². The molecule has 4 nitrogen and oxygen atoms in total. The number of carbonyl (C=O) groups is 1. The minimum Gasteiger partial charge on any atom is -0.478 e. The molecule has 0 spiro atoms. The van der Waals surface area contributed by atoms with Crippen LogP contribution in [0.5, 0.6) is 5.75 Å². The molecule has 1 atom stereocenters. The molecule has 0 aromatic heterocycles. The molecule has 31 heavy (non-hydrogen) atoms. The van der Waals surface area contributed by atoms with Crippen LogP contribution in [0.25, 0.3) is 0 Å². The van der Waals surface area contributed by atoms with Crippen LogP contribution in [0.4, 0.5) is 4.39 Å². The second-order valence-corrected chi connectivity index (χ2v) is 7.78. The summed E-state index contributed by atoms with van der Waals surface area (Å²) in [6, 6.07) is 27.2. The standard InChI is InChI=1S/C26H27FN2O2/c1-20(31-24-15-9-8-14-23(24)27)26(30)29-18-16-28(17-19-29)25(21-10-4-2-5-11-21)22-12-6-3-7-13-22/h2-15,20,25H,16-19H2,1H3/t20-/m0/s1. The predicted octanol–water partition coefficient (Wildman–Crippen LogP) is 4.53. The summed E-state index contributed by atoms with van der Waals surface area (Å²) in [5.41, 5.74) is 2.48. The van der Waals surface area contributed by atoms with Crippen LogP contribution >= 0.6 is 0 Å². The number of halogens is 1. The lowest BCUT2D eigenvalue weighted by Crippen LogP contribution is -2.52. The van der Waals surface area contributed by atoms with Gasteiger partial charge >= 0.3 is 0 Å². The van der Waals surface area contributed by atoms with Crippen molar-refractivity contribution in [2.75, 3.05) is 26.2 Å². The molecule has 1 fully saturated rings. The Balaban J connectivity index is 1.43. The van der Waals surface area contributed by atoms with Crippen molar-refractivity contribution >= 4 is 5.91 Å². The molecule has 1 aliphatic rings. The Bertz CT molecular complexity index is 949. The van der Waals surface area contributed by atoms with Crippen molar-refractivity contribution in [3.63, 3.8) is 0 Å². The second-order valence-electron chi connectivity index (χ2n) is 7.78. The SMILES string of the molecule is C[C@H](Oc1ccccc1F)C(=O)N1CCN(C(c2ccccc2)c2ccccc2)CC1. The molecule has 0 N–H and O–H groups in total. The third-order valence-electron chi connectivity index (χ3n) is 5.71. The smallest absolute Gasteiger partial charge is 0.263 e. The molecule has 0 saturated carbocycles. The van der Waals surface area contributed by atoms with Gasteiger partial charge in [-0.3, -0.25) is 9.69 Å². The van der Waals surface area contributed by atoms with E-state index in [1.807, 2.05) is 17.0 Å². The lowest BCUT2D eigenvalue weighted by molar-refractivity contribution is -0.140. The number of amides is 1. The van der Waals surface area contributed by atoms with Crippen LogP contribution in [0.15, 0.2) is 84.9 Å². The quantitative estimate of drug-likeness (QED) is 0.590. The fraction of sp³-hybridized carbons (Fsp3) is 0.269. The average molecular weight is 419 g/mol. The number of hydrogen-bond donors (Lipinski definition) is 0. The molecule has 1 aliphatic heterocycles. The van der Waals surface area contributed by atoms with Crippen molar-refractivity contribution in [3.05, 3.63) is 102 Å². The molecule has 0 aliphatic carbocycles. The molecule has 3 aromatic rings. The molecular formula is C26H27FN2O2. The normalized spacial score (nSPS) is 15.6. The third-order valence-corrected chi connectivity index (χ3v) is 5.71. The number of hydrogen-bond acceptors (Lipinski definition) is 3. The topological polar surface area (TPSA) is 32.8 Å².